The predicted molar refractivity (Wildman–Crippen MR) is 92.8 cm³/mol. The van der Waals surface area contributed by atoms with Gasteiger partial charge in [-0.1, -0.05) is 18.2 Å². The van der Waals surface area contributed by atoms with Crippen LogP contribution in [0, 0.1) is 0 Å². The molecule has 0 unspecified atom stereocenters. The monoisotopic (exact) mass is 340 g/mol. The summed E-state index contributed by atoms with van der Waals surface area (Å²) in [5, 5.41) is 0. The largest absolute Gasteiger partial charge is 0.477 e. The van der Waals surface area contributed by atoms with Gasteiger partial charge in [-0.05, 0) is 44.0 Å². The molecule has 1 aliphatic heterocycles. The zero-order valence-electron chi connectivity index (χ0n) is 14.3. The third kappa shape index (κ3) is 3.47. The highest BCUT2D eigenvalue weighted by atomic mass is 16.6. The maximum Gasteiger partial charge on any atom is 0.344 e. The number of nitrogens with zero attached hydrogens (tertiary/aromatic N) is 2. The average molecular weight is 340 g/mol. The Morgan fingerprint density at radius 2 is 2.04 bits per heavy atom. The lowest BCUT2D eigenvalue weighted by Crippen LogP contribution is -2.39. The third-order valence-electron chi connectivity index (χ3n) is 4.06. The van der Waals surface area contributed by atoms with Crippen LogP contribution in [0.25, 0.3) is 0 Å². The van der Waals surface area contributed by atoms with Crippen LogP contribution in [-0.2, 0) is 16.0 Å². The van der Waals surface area contributed by atoms with Gasteiger partial charge in [0.1, 0.15) is 5.56 Å². The van der Waals surface area contributed by atoms with Gasteiger partial charge in [0.15, 0.2) is 6.10 Å². The van der Waals surface area contributed by atoms with E-state index in [0.717, 1.165) is 17.7 Å². The topological polar surface area (TPSA) is 68.7 Å². The van der Waals surface area contributed by atoms with Gasteiger partial charge in [0.2, 0.25) is 5.88 Å². The maximum atomic E-state index is 12.7. The van der Waals surface area contributed by atoms with Gasteiger partial charge in [-0.2, -0.15) is 0 Å². The summed E-state index contributed by atoms with van der Waals surface area (Å²) in [5.74, 6) is -0.647. The third-order valence-corrected chi connectivity index (χ3v) is 4.06. The average Bonchev–Trinajstić information content (AvgIpc) is 3.05. The van der Waals surface area contributed by atoms with E-state index < -0.39 is 12.1 Å². The zero-order chi connectivity index (χ0) is 17.8. The second-order valence-electron chi connectivity index (χ2n) is 5.71. The first-order valence-electron chi connectivity index (χ1n) is 8.30. The van der Waals surface area contributed by atoms with Gasteiger partial charge in [0, 0.05) is 18.4 Å². The molecule has 0 saturated heterocycles. The van der Waals surface area contributed by atoms with Crippen molar-refractivity contribution in [1.82, 2.24) is 4.98 Å². The predicted octanol–water partition coefficient (Wildman–Crippen LogP) is 2.61. The maximum absolute atomic E-state index is 12.7. The quantitative estimate of drug-likeness (QED) is 0.783. The Labute approximate surface area is 146 Å². The fourth-order valence-corrected chi connectivity index (χ4v) is 2.86. The van der Waals surface area contributed by atoms with Crippen LogP contribution in [0.3, 0.4) is 0 Å². The Morgan fingerprint density at radius 3 is 2.84 bits per heavy atom. The van der Waals surface area contributed by atoms with Crippen molar-refractivity contribution in [3.63, 3.8) is 0 Å². The van der Waals surface area contributed by atoms with Gasteiger partial charge in [-0.3, -0.25) is 4.79 Å². The van der Waals surface area contributed by atoms with Crippen molar-refractivity contribution in [2.45, 2.75) is 26.4 Å². The van der Waals surface area contributed by atoms with Crippen molar-refractivity contribution >= 4 is 17.6 Å². The normalized spacial score (nSPS) is 13.9. The van der Waals surface area contributed by atoms with Crippen molar-refractivity contribution in [2.24, 2.45) is 0 Å². The molecule has 6 heteroatoms. The number of rotatable bonds is 5. The highest BCUT2D eigenvalue weighted by Gasteiger charge is 2.30. The van der Waals surface area contributed by atoms with Gasteiger partial charge in [-0.25, -0.2) is 9.78 Å². The molecule has 25 heavy (non-hydrogen) atoms. The van der Waals surface area contributed by atoms with E-state index in [4.69, 9.17) is 9.47 Å². The second kappa shape index (κ2) is 7.34. The van der Waals surface area contributed by atoms with Gasteiger partial charge in [0.25, 0.3) is 5.91 Å². The van der Waals surface area contributed by atoms with Crippen LogP contribution in [0.2, 0.25) is 0 Å². The van der Waals surface area contributed by atoms with Crippen molar-refractivity contribution in [2.75, 3.05) is 18.1 Å². The van der Waals surface area contributed by atoms with E-state index in [1.807, 2.05) is 24.3 Å². The Kier molecular flexibility index (Phi) is 4.97. The molecular formula is C19H20N2O4. The Balaban J connectivity index is 1.71. The van der Waals surface area contributed by atoms with Crippen molar-refractivity contribution in [3.05, 3.63) is 53.7 Å². The minimum absolute atomic E-state index is 0.209. The summed E-state index contributed by atoms with van der Waals surface area (Å²) >= 11 is 0. The number of pyridine rings is 1. The molecule has 0 radical (unpaired) electrons. The number of anilines is 1. The van der Waals surface area contributed by atoms with Gasteiger partial charge >= 0.3 is 5.97 Å². The lowest BCUT2D eigenvalue weighted by molar-refractivity contribution is -0.126. The molecule has 1 aliphatic rings. The minimum atomic E-state index is -0.895. The summed E-state index contributed by atoms with van der Waals surface area (Å²) < 4.78 is 10.7. The molecule has 0 spiro atoms. The molecule has 1 aromatic carbocycles. The number of hydrogen-bond acceptors (Lipinski definition) is 5. The standard InChI is InChI=1S/C19H20N2O4/c1-3-24-17-15(8-6-11-20-17)19(23)25-13(2)18(22)21-12-10-14-7-4-5-9-16(14)21/h4-9,11,13H,3,10,12H2,1-2H3/t13-/m1/s1. The number of fused-ring (bicyclic) bond motifs is 1. The van der Waals surface area contributed by atoms with E-state index in [9.17, 15) is 9.59 Å². The molecule has 0 aliphatic carbocycles. The lowest BCUT2D eigenvalue weighted by Gasteiger charge is -2.22. The van der Waals surface area contributed by atoms with Crippen molar-refractivity contribution in [1.29, 1.82) is 0 Å². The number of benzene rings is 1. The Morgan fingerprint density at radius 1 is 1.24 bits per heavy atom. The van der Waals surface area contributed by atoms with Gasteiger partial charge in [-0.15, -0.1) is 0 Å². The Hall–Kier alpha value is -2.89. The van der Waals surface area contributed by atoms with Crippen molar-refractivity contribution < 1.29 is 19.1 Å². The molecule has 1 amide bonds. The number of carbonyl (C=O) groups is 2. The molecule has 0 saturated carbocycles. The van der Waals surface area contributed by atoms with E-state index in [1.165, 1.54) is 6.20 Å². The van der Waals surface area contributed by atoms with Crippen LogP contribution >= 0.6 is 0 Å². The molecule has 1 atom stereocenters. The molecular weight excluding hydrogens is 320 g/mol. The summed E-state index contributed by atoms with van der Waals surface area (Å²) in [6, 6.07) is 11.0. The second-order valence-corrected chi connectivity index (χ2v) is 5.71. The number of para-hydroxylation sites is 1. The van der Waals surface area contributed by atoms with Crippen LogP contribution < -0.4 is 9.64 Å². The van der Waals surface area contributed by atoms with E-state index in [0.29, 0.717) is 13.2 Å². The molecule has 0 bridgehead atoms. The van der Waals surface area contributed by atoms with Crippen LogP contribution in [0.1, 0.15) is 29.8 Å². The summed E-state index contributed by atoms with van der Waals surface area (Å²) in [7, 11) is 0. The van der Waals surface area contributed by atoms with Gasteiger partial charge in [0.05, 0.1) is 6.61 Å². The first-order chi connectivity index (χ1) is 12.1. The van der Waals surface area contributed by atoms with E-state index in [2.05, 4.69) is 4.98 Å². The number of aromatic nitrogens is 1. The highest BCUT2D eigenvalue weighted by Crippen LogP contribution is 2.28. The van der Waals surface area contributed by atoms with E-state index in [1.54, 1.807) is 30.9 Å². The number of amides is 1. The van der Waals surface area contributed by atoms with Crippen LogP contribution in [0.15, 0.2) is 42.6 Å². The Bertz CT molecular complexity index is 790. The van der Waals surface area contributed by atoms with Gasteiger partial charge < -0.3 is 14.4 Å². The van der Waals surface area contributed by atoms with E-state index >= 15 is 0 Å². The molecule has 3 rings (SSSR count). The fourth-order valence-electron chi connectivity index (χ4n) is 2.86. The molecule has 0 N–H and O–H groups in total. The number of hydrogen-bond donors (Lipinski definition) is 0. The van der Waals surface area contributed by atoms with Crippen LogP contribution in [0.4, 0.5) is 5.69 Å². The summed E-state index contributed by atoms with van der Waals surface area (Å²) in [6.45, 7) is 4.37. The first kappa shape index (κ1) is 17.0. The van der Waals surface area contributed by atoms with E-state index in [-0.39, 0.29) is 17.4 Å². The fraction of sp³-hybridized carbons (Fsp3) is 0.316. The molecule has 1 aromatic heterocycles. The molecule has 2 aromatic rings. The number of carbonyl (C=O) groups excluding carboxylic acids is 2. The summed E-state index contributed by atoms with van der Waals surface area (Å²) in [4.78, 5) is 30.8. The van der Waals surface area contributed by atoms with Crippen LogP contribution in [0.5, 0.6) is 5.88 Å². The highest BCUT2D eigenvalue weighted by molar-refractivity contribution is 6.00. The summed E-state index contributed by atoms with van der Waals surface area (Å²) in [5.41, 5.74) is 2.22. The SMILES string of the molecule is CCOc1ncccc1C(=O)O[C@H](C)C(=O)N1CCc2ccccc21. The first-order valence-corrected chi connectivity index (χ1v) is 8.30. The summed E-state index contributed by atoms with van der Waals surface area (Å²) in [6.07, 6.45) is 1.45. The molecule has 6 nitrogen and oxygen atoms in total. The number of esters is 1. The molecule has 0 fully saturated rings. The molecule has 130 valence electrons. The molecule has 2 heterocycles. The smallest absolute Gasteiger partial charge is 0.344 e. The van der Waals surface area contributed by atoms with Crippen LogP contribution in [-0.4, -0.2) is 36.1 Å². The number of ether oxygens (including phenoxy) is 2. The van der Waals surface area contributed by atoms with Crippen molar-refractivity contribution in [3.8, 4) is 5.88 Å². The minimum Gasteiger partial charge on any atom is -0.477 e. The zero-order valence-corrected chi connectivity index (χ0v) is 14.3. The lowest BCUT2D eigenvalue weighted by atomic mass is 10.2.